The first-order valence-corrected chi connectivity index (χ1v) is 9.15. The van der Waals surface area contributed by atoms with Crippen molar-refractivity contribution in [3.63, 3.8) is 0 Å². The van der Waals surface area contributed by atoms with Gasteiger partial charge in [-0.1, -0.05) is 12.1 Å². The summed E-state index contributed by atoms with van der Waals surface area (Å²) in [6.07, 6.45) is 5.32. The van der Waals surface area contributed by atoms with Crippen molar-refractivity contribution in [1.29, 1.82) is 0 Å². The number of fused-ring (bicyclic) bond motifs is 1. The van der Waals surface area contributed by atoms with Crippen molar-refractivity contribution in [2.45, 2.75) is 13.0 Å². The van der Waals surface area contributed by atoms with E-state index in [4.69, 9.17) is 5.73 Å². The van der Waals surface area contributed by atoms with E-state index in [-0.39, 0.29) is 24.6 Å². The number of carbonyl (C=O) groups is 1. The standard InChI is InChI=1S/C19H16FN5OS/c20-14-4-3-12(8-13(14)10-23-15-2-1-5-22-18(15)21)9-17(26)16-11-25-6-7-27-19(25)24-16/h1-8,11,23H,9-10H2,(H2,21,22). The molecule has 0 saturated carbocycles. The molecule has 3 N–H and O–H groups in total. The molecule has 136 valence electrons. The van der Waals surface area contributed by atoms with E-state index in [1.54, 1.807) is 36.7 Å². The van der Waals surface area contributed by atoms with E-state index in [1.165, 1.54) is 17.4 Å². The minimum absolute atomic E-state index is 0.104. The van der Waals surface area contributed by atoms with Crippen LogP contribution in [0.3, 0.4) is 0 Å². The first-order valence-electron chi connectivity index (χ1n) is 8.27. The summed E-state index contributed by atoms with van der Waals surface area (Å²) in [4.78, 5) is 21.6. The van der Waals surface area contributed by atoms with Crippen molar-refractivity contribution in [2.24, 2.45) is 0 Å². The minimum Gasteiger partial charge on any atom is -0.382 e. The molecular weight excluding hydrogens is 365 g/mol. The third-order valence-corrected chi connectivity index (χ3v) is 4.93. The van der Waals surface area contributed by atoms with Gasteiger partial charge < -0.3 is 11.1 Å². The Labute approximate surface area is 158 Å². The molecule has 27 heavy (non-hydrogen) atoms. The fourth-order valence-electron chi connectivity index (χ4n) is 2.77. The van der Waals surface area contributed by atoms with Gasteiger partial charge in [0, 0.05) is 42.5 Å². The van der Waals surface area contributed by atoms with Crippen LogP contribution in [-0.4, -0.2) is 20.2 Å². The van der Waals surface area contributed by atoms with E-state index >= 15 is 0 Å². The van der Waals surface area contributed by atoms with Crippen LogP contribution in [0.2, 0.25) is 0 Å². The number of pyridine rings is 1. The average molecular weight is 381 g/mol. The molecule has 0 atom stereocenters. The van der Waals surface area contributed by atoms with Crippen molar-refractivity contribution in [3.8, 4) is 0 Å². The predicted molar refractivity (Wildman–Crippen MR) is 103 cm³/mol. The predicted octanol–water partition coefficient (Wildman–Crippen LogP) is 3.55. The molecule has 3 aromatic heterocycles. The smallest absolute Gasteiger partial charge is 0.194 e. The number of rotatable bonds is 6. The molecule has 6 nitrogen and oxygen atoms in total. The summed E-state index contributed by atoms with van der Waals surface area (Å²) in [6, 6.07) is 8.20. The number of nitrogens with zero attached hydrogens (tertiary/aromatic N) is 3. The summed E-state index contributed by atoms with van der Waals surface area (Å²) in [5.41, 5.74) is 8.02. The normalized spacial score (nSPS) is 11.0. The van der Waals surface area contributed by atoms with Gasteiger partial charge in [0.05, 0.1) is 5.69 Å². The van der Waals surface area contributed by atoms with Crippen molar-refractivity contribution in [1.82, 2.24) is 14.4 Å². The zero-order chi connectivity index (χ0) is 18.8. The molecular formula is C19H16FN5OS. The highest BCUT2D eigenvalue weighted by Crippen LogP contribution is 2.19. The lowest BCUT2D eigenvalue weighted by molar-refractivity contribution is 0.0989. The topological polar surface area (TPSA) is 85.3 Å². The van der Waals surface area contributed by atoms with Crippen molar-refractivity contribution < 1.29 is 9.18 Å². The fourth-order valence-corrected chi connectivity index (χ4v) is 3.47. The van der Waals surface area contributed by atoms with Crippen LogP contribution in [0, 0.1) is 5.82 Å². The molecule has 0 radical (unpaired) electrons. The Kier molecular flexibility index (Phi) is 4.55. The highest BCUT2D eigenvalue weighted by atomic mass is 32.1. The molecule has 0 spiro atoms. The van der Waals surface area contributed by atoms with Crippen LogP contribution in [0.5, 0.6) is 0 Å². The molecule has 3 heterocycles. The second kappa shape index (κ2) is 7.16. The number of ketones is 1. The molecule has 0 fully saturated rings. The van der Waals surface area contributed by atoms with Gasteiger partial charge in [0.2, 0.25) is 0 Å². The quantitative estimate of drug-likeness (QED) is 0.499. The van der Waals surface area contributed by atoms with Gasteiger partial charge in [-0.25, -0.2) is 14.4 Å². The molecule has 4 aromatic rings. The highest BCUT2D eigenvalue weighted by molar-refractivity contribution is 7.15. The van der Waals surface area contributed by atoms with Gasteiger partial charge in [0.1, 0.15) is 17.3 Å². The molecule has 8 heteroatoms. The Morgan fingerprint density at radius 1 is 1.33 bits per heavy atom. The van der Waals surface area contributed by atoms with Crippen LogP contribution in [0.15, 0.2) is 54.3 Å². The van der Waals surface area contributed by atoms with Gasteiger partial charge in [-0.2, -0.15) is 0 Å². The Balaban J connectivity index is 1.49. The van der Waals surface area contributed by atoms with Crippen molar-refractivity contribution >= 4 is 33.6 Å². The van der Waals surface area contributed by atoms with Gasteiger partial charge in [-0.15, -0.1) is 11.3 Å². The summed E-state index contributed by atoms with van der Waals surface area (Å²) < 4.78 is 16.0. The van der Waals surface area contributed by atoms with Gasteiger partial charge in [0.15, 0.2) is 10.7 Å². The van der Waals surface area contributed by atoms with Crippen molar-refractivity contribution in [3.05, 3.63) is 76.9 Å². The number of imidazole rings is 1. The van der Waals surface area contributed by atoms with Gasteiger partial charge in [-0.3, -0.25) is 9.20 Å². The lowest BCUT2D eigenvalue weighted by atomic mass is 10.0. The number of nitrogens with two attached hydrogens (primary N) is 1. The van der Waals surface area contributed by atoms with E-state index in [2.05, 4.69) is 15.3 Å². The summed E-state index contributed by atoms with van der Waals surface area (Å²) >= 11 is 1.47. The lowest BCUT2D eigenvalue weighted by Gasteiger charge is -2.10. The highest BCUT2D eigenvalue weighted by Gasteiger charge is 2.14. The molecule has 0 aliphatic rings. The number of anilines is 2. The van der Waals surface area contributed by atoms with Crippen LogP contribution in [0.1, 0.15) is 21.6 Å². The Morgan fingerprint density at radius 3 is 3.04 bits per heavy atom. The number of carbonyl (C=O) groups excluding carboxylic acids is 1. The van der Waals surface area contributed by atoms with E-state index in [0.717, 1.165) is 10.5 Å². The number of halogens is 1. The zero-order valence-corrected chi connectivity index (χ0v) is 15.0. The van der Waals surface area contributed by atoms with Crippen LogP contribution >= 0.6 is 11.3 Å². The maximum absolute atomic E-state index is 14.1. The molecule has 0 saturated heterocycles. The van der Waals surface area contributed by atoms with Gasteiger partial charge in [-0.05, 0) is 23.8 Å². The summed E-state index contributed by atoms with van der Waals surface area (Å²) in [6.45, 7) is 0.240. The molecule has 0 unspecified atom stereocenters. The largest absolute Gasteiger partial charge is 0.382 e. The molecule has 0 aliphatic carbocycles. The molecule has 4 rings (SSSR count). The fraction of sp³-hybridized carbons (Fsp3) is 0.105. The van der Waals surface area contributed by atoms with Crippen LogP contribution in [0.25, 0.3) is 4.96 Å². The average Bonchev–Trinajstić information content (AvgIpc) is 3.25. The summed E-state index contributed by atoms with van der Waals surface area (Å²) in [7, 11) is 0. The van der Waals surface area contributed by atoms with Crippen LogP contribution in [-0.2, 0) is 13.0 Å². The van der Waals surface area contributed by atoms with E-state index in [0.29, 0.717) is 22.8 Å². The van der Waals surface area contributed by atoms with Gasteiger partial charge in [0.25, 0.3) is 0 Å². The Hall–Kier alpha value is -3.26. The third kappa shape index (κ3) is 3.65. The van der Waals surface area contributed by atoms with E-state index < -0.39 is 0 Å². The second-order valence-corrected chi connectivity index (χ2v) is 6.91. The zero-order valence-electron chi connectivity index (χ0n) is 14.2. The number of nitrogen functional groups attached to an aromatic ring is 1. The lowest BCUT2D eigenvalue weighted by Crippen LogP contribution is -2.08. The molecule has 1 aromatic carbocycles. The molecule has 0 aliphatic heterocycles. The summed E-state index contributed by atoms with van der Waals surface area (Å²) in [5, 5.41) is 4.98. The maximum atomic E-state index is 14.1. The number of aromatic nitrogens is 3. The first-order chi connectivity index (χ1) is 13.1. The van der Waals surface area contributed by atoms with Crippen LogP contribution < -0.4 is 11.1 Å². The Morgan fingerprint density at radius 2 is 2.22 bits per heavy atom. The first kappa shape index (κ1) is 17.2. The minimum atomic E-state index is -0.344. The summed E-state index contributed by atoms with van der Waals surface area (Å²) in [5.74, 6) is -0.0967. The number of hydrogen-bond donors (Lipinski definition) is 2. The maximum Gasteiger partial charge on any atom is 0.194 e. The number of benzene rings is 1. The third-order valence-electron chi connectivity index (χ3n) is 4.16. The molecule has 0 amide bonds. The number of thiazole rings is 1. The Bertz CT molecular complexity index is 1090. The number of Topliss-reactive ketones (excluding diaryl/α,β-unsaturated/α-hetero) is 1. The molecule has 0 bridgehead atoms. The monoisotopic (exact) mass is 381 g/mol. The van der Waals surface area contributed by atoms with E-state index in [1.807, 2.05) is 16.0 Å². The number of hydrogen-bond acceptors (Lipinski definition) is 6. The SMILES string of the molecule is Nc1ncccc1NCc1cc(CC(=O)c2cn3ccsc3n2)ccc1F. The van der Waals surface area contributed by atoms with Crippen molar-refractivity contribution in [2.75, 3.05) is 11.1 Å². The van der Waals surface area contributed by atoms with E-state index in [9.17, 15) is 9.18 Å². The number of nitrogens with one attached hydrogen (secondary N) is 1. The second-order valence-electron chi connectivity index (χ2n) is 6.03. The van der Waals surface area contributed by atoms with Gasteiger partial charge >= 0.3 is 0 Å². The van der Waals surface area contributed by atoms with Crippen LogP contribution in [0.4, 0.5) is 15.9 Å².